The average molecular weight is 360 g/mol. The van der Waals surface area contributed by atoms with Gasteiger partial charge >= 0.3 is 5.97 Å². The van der Waals surface area contributed by atoms with Gasteiger partial charge in [0.15, 0.2) is 0 Å². The van der Waals surface area contributed by atoms with E-state index in [-0.39, 0.29) is 17.9 Å². The molecule has 1 unspecified atom stereocenters. The molecular formula is C22H33NO3. The zero-order valence-corrected chi connectivity index (χ0v) is 16.5. The van der Waals surface area contributed by atoms with Crippen LogP contribution in [-0.2, 0) is 14.3 Å². The maximum Gasteiger partial charge on any atom is 0.328 e. The highest BCUT2D eigenvalue weighted by molar-refractivity contribution is 5.84. The number of esters is 1. The van der Waals surface area contributed by atoms with Crippen LogP contribution in [0.4, 0.5) is 0 Å². The molecule has 0 spiro atoms. The van der Waals surface area contributed by atoms with Crippen LogP contribution in [0.1, 0.15) is 75.3 Å². The lowest BCUT2D eigenvalue weighted by molar-refractivity contribution is -0.150. The molecule has 144 valence electrons. The second kappa shape index (κ2) is 10.3. The van der Waals surface area contributed by atoms with Gasteiger partial charge < -0.3 is 9.64 Å². The van der Waals surface area contributed by atoms with E-state index in [1.54, 1.807) is 17.4 Å². The molecule has 3 rings (SSSR count). The van der Waals surface area contributed by atoms with E-state index >= 15 is 0 Å². The predicted molar refractivity (Wildman–Crippen MR) is 104 cm³/mol. The molecule has 2 aliphatic rings. The van der Waals surface area contributed by atoms with Crippen molar-refractivity contribution in [2.75, 3.05) is 13.7 Å². The van der Waals surface area contributed by atoms with Gasteiger partial charge in [0.25, 0.3) is 0 Å². The Morgan fingerprint density at radius 3 is 2.27 bits per heavy atom. The molecule has 1 amide bonds. The fourth-order valence-electron chi connectivity index (χ4n) is 3.92. The Kier molecular flexibility index (Phi) is 8.14. The number of hydrogen-bond acceptors (Lipinski definition) is 3. The molecule has 1 aromatic carbocycles. The molecule has 1 saturated carbocycles. The van der Waals surface area contributed by atoms with Crippen LogP contribution in [0.25, 0.3) is 0 Å². The number of carbonyl (C=O) groups is 2. The third-order valence-corrected chi connectivity index (χ3v) is 5.50. The molecule has 1 saturated heterocycles. The van der Waals surface area contributed by atoms with Crippen molar-refractivity contribution >= 4 is 11.9 Å². The summed E-state index contributed by atoms with van der Waals surface area (Å²) in [5.41, 5.74) is 2.94. The predicted octanol–water partition coefficient (Wildman–Crippen LogP) is 4.60. The maximum atomic E-state index is 11.4. The maximum absolute atomic E-state index is 11.4. The summed E-state index contributed by atoms with van der Waals surface area (Å²) in [5.74, 6) is 0.599. The minimum Gasteiger partial charge on any atom is -0.467 e. The van der Waals surface area contributed by atoms with Crippen molar-refractivity contribution in [3.05, 3.63) is 35.4 Å². The minimum absolute atomic E-state index is 0.0351. The Hall–Kier alpha value is -1.84. The summed E-state index contributed by atoms with van der Waals surface area (Å²) >= 11 is 0. The first kappa shape index (κ1) is 20.5. The molecule has 1 aliphatic heterocycles. The van der Waals surface area contributed by atoms with Gasteiger partial charge in [-0.1, -0.05) is 56.0 Å². The number of hydrogen-bond donors (Lipinski definition) is 0. The van der Waals surface area contributed by atoms with Crippen LogP contribution in [0.15, 0.2) is 24.3 Å². The second-order valence-electron chi connectivity index (χ2n) is 7.37. The van der Waals surface area contributed by atoms with E-state index in [1.807, 2.05) is 0 Å². The zero-order valence-electron chi connectivity index (χ0n) is 16.5. The van der Waals surface area contributed by atoms with Crippen LogP contribution < -0.4 is 0 Å². The number of likely N-dealkylation sites (tertiary alicyclic amines) is 1. The first-order valence-corrected chi connectivity index (χ1v) is 10.0. The Bertz CT molecular complexity index is 554. The number of benzene rings is 1. The normalized spacial score (nSPS) is 20.3. The van der Waals surface area contributed by atoms with Crippen molar-refractivity contribution < 1.29 is 14.3 Å². The number of rotatable bonds is 3. The highest BCUT2D eigenvalue weighted by Crippen LogP contribution is 2.32. The van der Waals surface area contributed by atoms with Gasteiger partial charge in [-0.15, -0.1) is 0 Å². The number of methoxy groups -OCH3 is 1. The van der Waals surface area contributed by atoms with Crippen LogP contribution in [0.2, 0.25) is 0 Å². The van der Waals surface area contributed by atoms with Crippen molar-refractivity contribution in [3.63, 3.8) is 0 Å². The number of carbonyl (C=O) groups excluding carboxylic acids is 2. The van der Waals surface area contributed by atoms with Crippen LogP contribution in [-0.4, -0.2) is 36.5 Å². The fourth-order valence-corrected chi connectivity index (χ4v) is 3.92. The highest BCUT2D eigenvalue weighted by atomic mass is 16.5. The van der Waals surface area contributed by atoms with E-state index in [0.29, 0.717) is 13.0 Å². The number of nitrogens with zero attached hydrogens (tertiary/aromatic N) is 1. The molecule has 0 bridgehead atoms. The molecule has 0 N–H and O–H groups in total. The van der Waals surface area contributed by atoms with Crippen molar-refractivity contribution in [3.8, 4) is 0 Å². The monoisotopic (exact) mass is 359 g/mol. The van der Waals surface area contributed by atoms with E-state index in [1.165, 1.54) is 44.8 Å². The largest absolute Gasteiger partial charge is 0.467 e. The van der Waals surface area contributed by atoms with Gasteiger partial charge in [-0.2, -0.15) is 0 Å². The number of amides is 1. The molecule has 0 aromatic heterocycles. The molecule has 26 heavy (non-hydrogen) atoms. The Labute approximate surface area is 157 Å². The Balaban J connectivity index is 0.000000187. The van der Waals surface area contributed by atoms with Gasteiger partial charge in [-0.05, 0) is 44.1 Å². The summed E-state index contributed by atoms with van der Waals surface area (Å²) in [7, 11) is 1.36. The average Bonchev–Trinajstić information content (AvgIpc) is 3.18. The minimum atomic E-state index is -0.336. The van der Waals surface area contributed by atoms with Crippen molar-refractivity contribution in [1.29, 1.82) is 0 Å². The summed E-state index contributed by atoms with van der Waals surface area (Å²) in [5, 5.41) is 0. The first-order chi connectivity index (χ1) is 12.6. The van der Waals surface area contributed by atoms with E-state index in [4.69, 9.17) is 0 Å². The fraction of sp³-hybridized carbons (Fsp3) is 0.636. The lowest BCUT2D eigenvalue weighted by atomic mass is 9.84. The SMILES string of the molecule is CCC(=O)N1CCCC1C(=O)OC.Cc1ccc(C2CCCCC2)cc1. The third kappa shape index (κ3) is 5.58. The van der Waals surface area contributed by atoms with Gasteiger partial charge in [0.1, 0.15) is 6.04 Å². The van der Waals surface area contributed by atoms with Gasteiger partial charge in [-0.25, -0.2) is 4.79 Å². The van der Waals surface area contributed by atoms with Crippen LogP contribution in [0.5, 0.6) is 0 Å². The summed E-state index contributed by atoms with van der Waals surface area (Å²) in [4.78, 5) is 24.2. The molecule has 0 radical (unpaired) electrons. The van der Waals surface area contributed by atoms with Crippen LogP contribution >= 0.6 is 0 Å². The molecule has 1 heterocycles. The molecule has 1 aliphatic carbocycles. The summed E-state index contributed by atoms with van der Waals surface area (Å²) in [6.45, 7) is 4.64. The lowest BCUT2D eigenvalue weighted by Gasteiger charge is -2.21. The Morgan fingerprint density at radius 1 is 1.04 bits per heavy atom. The molecule has 4 heteroatoms. The van der Waals surface area contributed by atoms with E-state index in [2.05, 4.69) is 35.9 Å². The molecule has 1 aromatic rings. The van der Waals surface area contributed by atoms with Crippen LogP contribution in [0.3, 0.4) is 0 Å². The molecule has 4 nitrogen and oxygen atoms in total. The van der Waals surface area contributed by atoms with Gasteiger partial charge in [0.05, 0.1) is 7.11 Å². The molecule has 2 fully saturated rings. The summed E-state index contributed by atoms with van der Waals surface area (Å²) in [6.07, 6.45) is 9.20. The zero-order chi connectivity index (χ0) is 18.9. The topological polar surface area (TPSA) is 46.6 Å². The second-order valence-corrected chi connectivity index (χ2v) is 7.37. The van der Waals surface area contributed by atoms with Gasteiger partial charge in [0, 0.05) is 13.0 Å². The van der Waals surface area contributed by atoms with E-state index in [9.17, 15) is 9.59 Å². The van der Waals surface area contributed by atoms with E-state index in [0.717, 1.165) is 18.8 Å². The Morgan fingerprint density at radius 2 is 1.69 bits per heavy atom. The first-order valence-electron chi connectivity index (χ1n) is 10.0. The number of aryl methyl sites for hydroxylation is 1. The van der Waals surface area contributed by atoms with Gasteiger partial charge in [-0.3, -0.25) is 4.79 Å². The standard InChI is InChI=1S/C13H18.C9H15NO3/c1-11-7-9-13(10-8-11)12-5-3-2-4-6-12;1-3-8(11)10-6-4-5-7(10)9(12)13-2/h7-10,12H,2-6H2,1H3;7H,3-6H2,1-2H3. The smallest absolute Gasteiger partial charge is 0.328 e. The van der Waals surface area contributed by atoms with Crippen molar-refractivity contribution in [2.45, 2.75) is 77.2 Å². The number of ether oxygens (including phenoxy) is 1. The van der Waals surface area contributed by atoms with Gasteiger partial charge in [0.2, 0.25) is 5.91 Å². The lowest BCUT2D eigenvalue weighted by Crippen LogP contribution is -2.40. The molecule has 1 atom stereocenters. The van der Waals surface area contributed by atoms with E-state index < -0.39 is 0 Å². The van der Waals surface area contributed by atoms with Crippen molar-refractivity contribution in [2.24, 2.45) is 0 Å². The third-order valence-electron chi connectivity index (χ3n) is 5.50. The quantitative estimate of drug-likeness (QED) is 0.741. The summed E-state index contributed by atoms with van der Waals surface area (Å²) in [6, 6.07) is 8.77. The molecular weight excluding hydrogens is 326 g/mol. The highest BCUT2D eigenvalue weighted by Gasteiger charge is 2.33. The van der Waals surface area contributed by atoms with Crippen molar-refractivity contribution in [1.82, 2.24) is 4.90 Å². The summed E-state index contributed by atoms with van der Waals surface area (Å²) < 4.78 is 4.63. The van der Waals surface area contributed by atoms with Crippen LogP contribution in [0, 0.1) is 6.92 Å².